The van der Waals surface area contributed by atoms with Crippen LogP contribution in [0.25, 0.3) is 0 Å². The van der Waals surface area contributed by atoms with E-state index >= 15 is 0 Å². The molecule has 1 amide bonds. The van der Waals surface area contributed by atoms with Crippen LogP contribution < -0.4 is 5.32 Å². The summed E-state index contributed by atoms with van der Waals surface area (Å²) < 4.78 is 6.30. The molecule has 0 aliphatic carbocycles. The van der Waals surface area contributed by atoms with Crippen LogP contribution in [0.3, 0.4) is 0 Å². The summed E-state index contributed by atoms with van der Waals surface area (Å²) in [5.41, 5.74) is 0.843. The van der Waals surface area contributed by atoms with Crippen LogP contribution in [0.15, 0.2) is 91.0 Å². The Balaban J connectivity index is 1.93. The maximum absolute atomic E-state index is 12.7. The van der Waals surface area contributed by atoms with Gasteiger partial charge in [-0.1, -0.05) is 85.8 Å². The molecule has 0 aliphatic rings. The Labute approximate surface area is 165 Å². The number of hydrogen-bond acceptors (Lipinski definition) is 3. The van der Waals surface area contributed by atoms with Gasteiger partial charge < -0.3 is 10.1 Å². The van der Waals surface area contributed by atoms with Crippen LogP contribution in [0.4, 0.5) is 0 Å². The van der Waals surface area contributed by atoms with Crippen molar-refractivity contribution in [2.24, 2.45) is 0 Å². The summed E-state index contributed by atoms with van der Waals surface area (Å²) >= 11 is 0. The molecule has 1 unspecified atom stereocenters. The average Bonchev–Trinajstić information content (AvgIpc) is 2.78. The van der Waals surface area contributed by atoms with Crippen molar-refractivity contribution in [3.63, 3.8) is 0 Å². The van der Waals surface area contributed by atoms with Gasteiger partial charge in [-0.2, -0.15) is 0 Å². The molecule has 142 valence electrons. The number of carbonyl (C=O) groups excluding carboxylic acids is 2. The van der Waals surface area contributed by atoms with E-state index in [1.54, 1.807) is 24.3 Å². The number of ether oxygens (including phenoxy) is 1. The van der Waals surface area contributed by atoms with Gasteiger partial charge in [0.2, 0.25) is 0 Å². The van der Waals surface area contributed by atoms with Crippen molar-refractivity contribution in [3.8, 4) is 0 Å². The Bertz CT molecular complexity index is 857. The molecular formula is C24H23NO3. The van der Waals surface area contributed by atoms with E-state index in [9.17, 15) is 9.59 Å². The number of aldehydes is 1. The van der Waals surface area contributed by atoms with Gasteiger partial charge in [-0.3, -0.25) is 9.59 Å². The molecule has 0 radical (unpaired) electrons. The lowest BCUT2D eigenvalue weighted by Crippen LogP contribution is -2.52. The third kappa shape index (κ3) is 4.53. The highest BCUT2D eigenvalue weighted by Crippen LogP contribution is 2.30. The van der Waals surface area contributed by atoms with Crippen molar-refractivity contribution in [3.05, 3.63) is 108 Å². The third-order valence-corrected chi connectivity index (χ3v) is 4.61. The maximum Gasteiger partial charge on any atom is 0.253 e. The first-order chi connectivity index (χ1) is 13.7. The first kappa shape index (κ1) is 19.5. The Morgan fingerprint density at radius 2 is 1.36 bits per heavy atom. The van der Waals surface area contributed by atoms with E-state index in [1.165, 1.54) is 0 Å². The average molecular weight is 373 g/mol. The van der Waals surface area contributed by atoms with E-state index in [0.717, 1.165) is 11.1 Å². The lowest BCUT2D eigenvalue weighted by atomic mass is 10.0. The minimum Gasteiger partial charge on any atom is -0.336 e. The van der Waals surface area contributed by atoms with Gasteiger partial charge in [0.1, 0.15) is 6.10 Å². The number of nitrogens with one attached hydrogen (secondary N) is 1. The maximum atomic E-state index is 12.7. The zero-order chi connectivity index (χ0) is 19.8. The minimum atomic E-state index is -1.44. The lowest BCUT2D eigenvalue weighted by molar-refractivity contribution is -0.142. The zero-order valence-electron chi connectivity index (χ0n) is 15.7. The van der Waals surface area contributed by atoms with Gasteiger partial charge in [0.15, 0.2) is 12.0 Å². The van der Waals surface area contributed by atoms with Crippen molar-refractivity contribution in [2.45, 2.75) is 25.2 Å². The van der Waals surface area contributed by atoms with Crippen LogP contribution in [0.2, 0.25) is 0 Å². The molecule has 0 fully saturated rings. The number of rotatable bonds is 8. The van der Waals surface area contributed by atoms with Crippen molar-refractivity contribution >= 4 is 12.2 Å². The Morgan fingerprint density at radius 1 is 0.893 bits per heavy atom. The Hall–Kier alpha value is -3.24. The zero-order valence-corrected chi connectivity index (χ0v) is 15.7. The van der Waals surface area contributed by atoms with Crippen LogP contribution in [-0.4, -0.2) is 17.9 Å². The molecule has 0 aromatic heterocycles. The van der Waals surface area contributed by atoms with Crippen LogP contribution in [0, 0.1) is 0 Å². The largest absolute Gasteiger partial charge is 0.336 e. The second-order valence-corrected chi connectivity index (χ2v) is 6.50. The summed E-state index contributed by atoms with van der Waals surface area (Å²) in [6, 6.07) is 28.1. The molecule has 0 aliphatic heterocycles. The summed E-state index contributed by atoms with van der Waals surface area (Å²) in [6.07, 6.45) is 0.474. The minimum absolute atomic E-state index is 0.297. The summed E-state index contributed by atoms with van der Waals surface area (Å²) in [7, 11) is 0. The molecule has 1 atom stereocenters. The molecule has 4 nitrogen and oxygen atoms in total. The summed E-state index contributed by atoms with van der Waals surface area (Å²) in [5, 5.41) is 2.79. The van der Waals surface area contributed by atoms with Crippen LogP contribution in [0.5, 0.6) is 0 Å². The SMILES string of the molecule is CCC(C=O)(NC(=O)c1ccccc1)OC(c1ccccc1)c1ccccc1. The van der Waals surface area contributed by atoms with E-state index in [0.29, 0.717) is 18.3 Å². The second kappa shape index (κ2) is 9.11. The van der Waals surface area contributed by atoms with Crippen molar-refractivity contribution < 1.29 is 14.3 Å². The Kier molecular flexibility index (Phi) is 6.35. The molecule has 0 saturated carbocycles. The molecule has 3 aromatic rings. The second-order valence-electron chi connectivity index (χ2n) is 6.50. The van der Waals surface area contributed by atoms with E-state index in [2.05, 4.69) is 5.32 Å². The predicted molar refractivity (Wildman–Crippen MR) is 109 cm³/mol. The fourth-order valence-corrected chi connectivity index (χ4v) is 2.99. The van der Waals surface area contributed by atoms with Gasteiger partial charge in [-0.05, 0) is 29.7 Å². The molecular weight excluding hydrogens is 350 g/mol. The molecule has 3 rings (SSSR count). The van der Waals surface area contributed by atoms with Gasteiger partial charge >= 0.3 is 0 Å². The first-order valence-corrected chi connectivity index (χ1v) is 9.29. The number of carbonyl (C=O) groups is 2. The van der Waals surface area contributed by atoms with Crippen LogP contribution in [-0.2, 0) is 9.53 Å². The number of benzene rings is 3. The van der Waals surface area contributed by atoms with Gasteiger partial charge in [-0.15, -0.1) is 0 Å². The quantitative estimate of drug-likeness (QED) is 0.466. The summed E-state index contributed by atoms with van der Waals surface area (Å²) in [4.78, 5) is 24.8. The van der Waals surface area contributed by atoms with Gasteiger partial charge in [-0.25, -0.2) is 0 Å². The van der Waals surface area contributed by atoms with E-state index in [4.69, 9.17) is 4.74 Å². The van der Waals surface area contributed by atoms with Crippen molar-refractivity contribution in [1.82, 2.24) is 5.32 Å². The molecule has 0 heterocycles. The van der Waals surface area contributed by atoms with E-state index < -0.39 is 11.8 Å². The number of hydrogen-bond donors (Lipinski definition) is 1. The highest BCUT2D eigenvalue weighted by molar-refractivity contribution is 5.96. The first-order valence-electron chi connectivity index (χ1n) is 9.29. The predicted octanol–water partition coefficient (Wildman–Crippen LogP) is 4.53. The third-order valence-electron chi connectivity index (χ3n) is 4.61. The molecule has 1 N–H and O–H groups in total. The monoisotopic (exact) mass is 373 g/mol. The van der Waals surface area contributed by atoms with Crippen molar-refractivity contribution in [2.75, 3.05) is 0 Å². The van der Waals surface area contributed by atoms with Crippen molar-refractivity contribution in [1.29, 1.82) is 0 Å². The molecule has 0 spiro atoms. The number of amides is 1. The standard InChI is InChI=1S/C24H23NO3/c1-2-24(18-26,25-23(27)21-16-10-5-11-17-21)28-22(19-12-6-3-7-13-19)20-14-8-4-9-15-20/h3-18,22H,2H2,1H3,(H,25,27). The summed E-state index contributed by atoms with van der Waals surface area (Å²) in [5.74, 6) is -0.352. The smallest absolute Gasteiger partial charge is 0.253 e. The highest BCUT2D eigenvalue weighted by atomic mass is 16.5. The van der Waals surface area contributed by atoms with Gasteiger partial charge in [0.25, 0.3) is 5.91 Å². The van der Waals surface area contributed by atoms with E-state index in [1.807, 2.05) is 73.7 Å². The topological polar surface area (TPSA) is 55.4 Å². The van der Waals surface area contributed by atoms with Crippen LogP contribution >= 0.6 is 0 Å². The fourth-order valence-electron chi connectivity index (χ4n) is 2.99. The molecule has 28 heavy (non-hydrogen) atoms. The Morgan fingerprint density at radius 3 is 1.79 bits per heavy atom. The molecule has 0 saturated heterocycles. The van der Waals surface area contributed by atoms with Gasteiger partial charge in [0, 0.05) is 5.56 Å². The molecule has 3 aromatic carbocycles. The highest BCUT2D eigenvalue weighted by Gasteiger charge is 2.35. The van der Waals surface area contributed by atoms with Crippen LogP contribution in [0.1, 0.15) is 40.9 Å². The van der Waals surface area contributed by atoms with Gasteiger partial charge in [0.05, 0.1) is 0 Å². The van der Waals surface area contributed by atoms with E-state index in [-0.39, 0.29) is 5.91 Å². The fraction of sp³-hybridized carbons (Fsp3) is 0.167. The lowest BCUT2D eigenvalue weighted by Gasteiger charge is -2.33. The molecule has 0 bridgehead atoms. The normalized spacial score (nSPS) is 12.9. The summed E-state index contributed by atoms with van der Waals surface area (Å²) in [6.45, 7) is 1.81. The molecule has 4 heteroatoms.